The van der Waals surface area contributed by atoms with E-state index in [-0.39, 0.29) is 78.2 Å². The molecule has 1 amide bonds. The Bertz CT molecular complexity index is 2170. The zero-order valence-corrected chi connectivity index (χ0v) is 54.8. The number of ether oxygens (including phenoxy) is 15. The van der Waals surface area contributed by atoms with E-state index in [4.69, 9.17) is 74.8 Å². The highest BCUT2D eigenvalue weighted by molar-refractivity contribution is 14.1. The molecule has 1 aromatic rings. The van der Waals surface area contributed by atoms with Gasteiger partial charge in [-0.1, -0.05) is 99.6 Å². The molecule has 0 saturated carbocycles. The van der Waals surface area contributed by atoms with Crippen LogP contribution in [0.3, 0.4) is 0 Å². The smallest absolute Gasteiger partial charge is 0.471 e. The van der Waals surface area contributed by atoms with E-state index < -0.39 is 135 Å². The van der Waals surface area contributed by atoms with Crippen LogP contribution in [0.2, 0.25) is 0 Å². The van der Waals surface area contributed by atoms with Crippen LogP contribution >= 0.6 is 20.3 Å². The molecule has 1 aromatic carbocycles. The molecule has 1 N–H and O–H groups in total. The largest absolute Gasteiger partial charge is 0.527 e. The van der Waals surface area contributed by atoms with Gasteiger partial charge in [-0.2, -0.15) is 20.3 Å². The van der Waals surface area contributed by atoms with Gasteiger partial charge in [-0.05, 0) is 82.6 Å². The number of hydrogen-bond acceptors (Lipinski definition) is 18. The minimum absolute atomic E-state index is 0.0204. The molecule has 30 atom stereocenters. The van der Waals surface area contributed by atoms with E-state index in [0.717, 1.165) is 5.56 Å². The molecule has 0 bridgehead atoms. The van der Waals surface area contributed by atoms with E-state index in [1.807, 2.05) is 65.0 Å². The van der Waals surface area contributed by atoms with Crippen molar-refractivity contribution in [2.45, 2.75) is 260 Å². The number of hydrogen-bond donors (Lipinski definition) is 1. The van der Waals surface area contributed by atoms with Gasteiger partial charge < -0.3 is 80.2 Å². The lowest BCUT2D eigenvalue weighted by Crippen LogP contribution is -2.72. The fourth-order valence-corrected chi connectivity index (χ4v) is 14.3. The zero-order chi connectivity index (χ0) is 58.9. The molecule has 0 aromatic heterocycles. The quantitative estimate of drug-likeness (QED) is 0.0838. The third-order valence-corrected chi connectivity index (χ3v) is 21.2. The summed E-state index contributed by atoms with van der Waals surface area (Å²) in [7, 11) is 0. The number of amides is 1. The molecule has 81 heavy (non-hydrogen) atoms. The minimum atomic E-state index is -1.28. The first kappa shape index (κ1) is 65.8. The number of halogens is 1. The van der Waals surface area contributed by atoms with Crippen molar-refractivity contribution in [2.75, 3.05) is 13.2 Å². The SMILES string of the molecule is CC(=O)N[C@H]1C(O[C@@H]2OC(C)[C@H](C)[C@H](O[C@@H]3OC(C)[C@H](C)[C@H](C)C3C)C2OC(C)=O)[C@@H]2OC(C)(C)OCC2O[C@H]1OC1[C@H](OC2[C@H]([O][AlH][I])OC(C)[C@H](C)[C@@H]2C)OC(C)[C@H](C)[C@@H]1O[C@H]1O[C@@H](COCc2ccccc2)[C@@H](C)C(C)C1C. The molecule has 7 heterocycles. The van der Waals surface area contributed by atoms with Crippen LogP contribution in [0.25, 0.3) is 0 Å². The van der Waals surface area contributed by atoms with Crippen LogP contribution in [0.4, 0.5) is 0 Å². The third-order valence-electron chi connectivity index (χ3n) is 19.7. The molecule has 0 aliphatic carbocycles. The van der Waals surface area contributed by atoms with Gasteiger partial charge in [0.05, 0.1) is 56.4 Å². The van der Waals surface area contributed by atoms with Crippen molar-refractivity contribution in [3.8, 4) is 0 Å². The molecule has 21 heteroatoms. The van der Waals surface area contributed by atoms with E-state index in [1.165, 1.54) is 13.8 Å². The lowest BCUT2D eigenvalue weighted by molar-refractivity contribution is -0.415. The van der Waals surface area contributed by atoms with E-state index in [9.17, 15) is 9.59 Å². The fraction of sp³-hybridized carbons (Fsp3) is 0.867. The highest BCUT2D eigenvalue weighted by Gasteiger charge is 2.59. The van der Waals surface area contributed by atoms with Gasteiger partial charge in [-0.15, -0.1) is 0 Å². The molecule has 7 fully saturated rings. The van der Waals surface area contributed by atoms with Gasteiger partial charge in [-0.3, -0.25) is 9.59 Å². The van der Waals surface area contributed by atoms with Crippen molar-refractivity contribution >= 4 is 44.4 Å². The third kappa shape index (κ3) is 15.2. The molecule has 12 unspecified atom stereocenters. The van der Waals surface area contributed by atoms with Crippen LogP contribution in [-0.2, 0) is 91.0 Å². The molecule has 7 aliphatic heterocycles. The van der Waals surface area contributed by atoms with Crippen LogP contribution in [0.1, 0.15) is 130 Å². The second-order valence-electron chi connectivity index (χ2n) is 25.4. The summed E-state index contributed by atoms with van der Waals surface area (Å²) in [5.41, 5.74) is 1.08. The maximum atomic E-state index is 13.8. The number of carbonyl (C=O) groups is 2. The Hall–Kier alpha value is -1.18. The first-order valence-corrected chi connectivity index (χ1v) is 35.7. The van der Waals surface area contributed by atoms with Crippen molar-refractivity contribution < 1.29 is 84.4 Å². The fourth-order valence-electron chi connectivity index (χ4n) is 12.9. The number of nitrogens with one attached hydrogen (secondary N) is 1. The number of carbonyl (C=O) groups excluding carboxylic acids is 2. The Balaban J connectivity index is 1.16. The average molecular weight is 1270 g/mol. The predicted molar refractivity (Wildman–Crippen MR) is 307 cm³/mol. The monoisotopic (exact) mass is 1270 g/mol. The normalized spacial score (nSPS) is 47.4. The van der Waals surface area contributed by atoms with Crippen LogP contribution in [0.15, 0.2) is 30.3 Å². The summed E-state index contributed by atoms with van der Waals surface area (Å²) in [6.07, 6.45) is -13.7. The molecule has 460 valence electrons. The number of benzene rings is 1. The summed E-state index contributed by atoms with van der Waals surface area (Å²) in [5, 5.41) is 3.16. The molecule has 8 rings (SSSR count). The number of fused-ring (bicyclic) bond motifs is 1. The first-order valence-electron chi connectivity index (χ1n) is 30.0. The maximum Gasteiger partial charge on any atom is 0.527 e. The van der Waals surface area contributed by atoms with Gasteiger partial charge in [-0.25, -0.2) is 0 Å². The van der Waals surface area contributed by atoms with Gasteiger partial charge in [0.2, 0.25) is 5.91 Å². The predicted octanol–water partition coefficient (Wildman–Crippen LogP) is 8.23. The topological polar surface area (TPSA) is 194 Å². The van der Waals surface area contributed by atoms with Crippen molar-refractivity contribution in [3.63, 3.8) is 0 Å². The van der Waals surface area contributed by atoms with Crippen molar-refractivity contribution in [2.24, 2.45) is 59.2 Å². The lowest BCUT2D eigenvalue weighted by Gasteiger charge is -2.55. The summed E-state index contributed by atoms with van der Waals surface area (Å²) in [6, 6.07) is 9.01. The molecule has 7 aliphatic rings. The van der Waals surface area contributed by atoms with Crippen molar-refractivity contribution in [1.82, 2.24) is 5.32 Å². The van der Waals surface area contributed by atoms with Gasteiger partial charge in [0.15, 0.2) is 49.6 Å². The van der Waals surface area contributed by atoms with Gasteiger partial charge in [0, 0.05) is 37.5 Å². The Morgan fingerprint density at radius 2 is 1.06 bits per heavy atom. The van der Waals surface area contributed by atoms with Crippen LogP contribution in [-0.4, -0.2) is 166 Å². The van der Waals surface area contributed by atoms with E-state index >= 15 is 0 Å². The van der Waals surface area contributed by atoms with Gasteiger partial charge in [0.25, 0.3) is 0 Å². The van der Waals surface area contributed by atoms with Gasteiger partial charge >= 0.3 is 18.2 Å². The van der Waals surface area contributed by atoms with Crippen LogP contribution in [0.5, 0.6) is 0 Å². The Labute approximate surface area is 499 Å². The standard InChI is InChI=1S/C60H96NO18.Al.HI.H/c1-27-29(3)38(12)68-55(33(27)7)74-47-35(9)39(13)69-58(52(47)71-42(16)63)77-51-46(61-41(15)62)57(73-45-26-66-60(17,18)79-50(45)51)78-53-48(36(10)40(14)70-59(53)76-49-32(6)30(4)37(11)67-54(49)64)75-56-34(8)28(2)31(5)44(72-56)25-65-24-43-22-20-19-21-23-43;;;/h19-23,27-40,44-59H,24-26H2,1-18H3,(H,61,62);;1H;/q-1;+2;;/p-1/t27-,28?,29+,30+,31-,32-,33?,34?,35-,36-,37?,38?,39?,40?,44-,45?,46-,47-,48-,49?,50+,51?,52?,53?,54+,55-,56+,57-,58-,59-;;;/m0.../s1. The summed E-state index contributed by atoms with van der Waals surface area (Å²) >= 11 is 1.33. The minimum Gasteiger partial charge on any atom is -0.471 e. The van der Waals surface area contributed by atoms with E-state index in [1.54, 1.807) is 0 Å². The van der Waals surface area contributed by atoms with Crippen LogP contribution in [0, 0.1) is 59.2 Å². The molecule has 19 nitrogen and oxygen atoms in total. The van der Waals surface area contributed by atoms with Crippen molar-refractivity contribution in [3.05, 3.63) is 35.9 Å². The second-order valence-corrected chi connectivity index (χ2v) is 27.8. The van der Waals surface area contributed by atoms with Crippen LogP contribution < -0.4 is 5.32 Å². The molecular weight excluding hydrogens is 1180 g/mol. The Morgan fingerprint density at radius 3 is 1.67 bits per heavy atom. The molecular formula is C60H97AlINO18. The summed E-state index contributed by atoms with van der Waals surface area (Å²) < 4.78 is 109. The highest BCUT2D eigenvalue weighted by atomic mass is 127. The molecule has 0 spiro atoms. The first-order chi connectivity index (χ1) is 38.3. The van der Waals surface area contributed by atoms with E-state index in [0.29, 0.717) is 19.1 Å². The zero-order valence-electron chi connectivity index (χ0n) is 51.3. The number of rotatable bonds is 18. The molecule has 0 radical (unpaired) electrons. The summed E-state index contributed by atoms with van der Waals surface area (Å²) in [4.78, 5) is 27.0. The maximum absolute atomic E-state index is 13.8. The van der Waals surface area contributed by atoms with Gasteiger partial charge in [0.1, 0.15) is 42.7 Å². The van der Waals surface area contributed by atoms with E-state index in [2.05, 4.69) is 102 Å². The lowest BCUT2D eigenvalue weighted by atomic mass is 9.79. The molecule has 7 saturated heterocycles. The second kappa shape index (κ2) is 28.3. The van der Waals surface area contributed by atoms with Crippen molar-refractivity contribution in [1.29, 1.82) is 0 Å². The highest BCUT2D eigenvalue weighted by Crippen LogP contribution is 2.45. The number of esters is 1. The Morgan fingerprint density at radius 1 is 0.556 bits per heavy atom. The Kier molecular flexibility index (Phi) is 23.0. The average Bonchev–Trinajstić information content (AvgIpc) is 3.62. The summed E-state index contributed by atoms with van der Waals surface area (Å²) in [5.74, 6) is -1.60. The summed E-state index contributed by atoms with van der Waals surface area (Å²) in [6.45, 7) is 36.9.